The van der Waals surface area contributed by atoms with Gasteiger partial charge in [0.05, 0.1) is 0 Å². The standard InChI is InChI=1S/C12H13N3/c13-9-3-1-5-11(7-9)15-12-6-2-4-10(14)8-12/h1-8,15H,13-14H2. The second-order valence-electron chi connectivity index (χ2n) is 3.38. The first-order chi connectivity index (χ1) is 7.24. The first-order valence-corrected chi connectivity index (χ1v) is 4.72. The van der Waals surface area contributed by atoms with Gasteiger partial charge < -0.3 is 16.8 Å². The highest BCUT2D eigenvalue weighted by Gasteiger charge is 1.95. The van der Waals surface area contributed by atoms with Gasteiger partial charge >= 0.3 is 0 Å². The zero-order valence-corrected chi connectivity index (χ0v) is 8.27. The summed E-state index contributed by atoms with van der Waals surface area (Å²) in [7, 11) is 0. The van der Waals surface area contributed by atoms with E-state index in [-0.39, 0.29) is 0 Å². The molecule has 3 heteroatoms. The van der Waals surface area contributed by atoms with Crippen molar-refractivity contribution in [1.82, 2.24) is 0 Å². The molecule has 0 bridgehead atoms. The lowest BCUT2D eigenvalue weighted by atomic mass is 10.2. The Bertz CT molecular complexity index is 422. The first kappa shape index (κ1) is 9.40. The van der Waals surface area contributed by atoms with Crippen LogP contribution in [0.1, 0.15) is 0 Å². The van der Waals surface area contributed by atoms with Gasteiger partial charge in [0.15, 0.2) is 0 Å². The van der Waals surface area contributed by atoms with Crippen LogP contribution >= 0.6 is 0 Å². The third-order valence-electron chi connectivity index (χ3n) is 2.06. The van der Waals surface area contributed by atoms with E-state index >= 15 is 0 Å². The topological polar surface area (TPSA) is 64.1 Å². The van der Waals surface area contributed by atoms with E-state index in [1.165, 1.54) is 0 Å². The molecule has 0 spiro atoms. The van der Waals surface area contributed by atoms with Crippen LogP contribution in [0, 0.1) is 0 Å². The molecule has 0 aliphatic carbocycles. The highest BCUT2D eigenvalue weighted by Crippen LogP contribution is 2.19. The Kier molecular flexibility index (Phi) is 2.46. The molecular formula is C12H13N3. The maximum atomic E-state index is 5.68. The van der Waals surface area contributed by atoms with Gasteiger partial charge in [-0.25, -0.2) is 0 Å². The third kappa shape index (κ3) is 2.40. The van der Waals surface area contributed by atoms with Gasteiger partial charge in [-0.3, -0.25) is 0 Å². The lowest BCUT2D eigenvalue weighted by Gasteiger charge is -2.07. The molecule has 0 heterocycles. The van der Waals surface area contributed by atoms with Crippen LogP contribution in [0.3, 0.4) is 0 Å². The van der Waals surface area contributed by atoms with Gasteiger partial charge in [-0.1, -0.05) is 12.1 Å². The van der Waals surface area contributed by atoms with E-state index in [1.807, 2.05) is 48.5 Å². The maximum absolute atomic E-state index is 5.68. The van der Waals surface area contributed by atoms with Crippen LogP contribution in [-0.4, -0.2) is 0 Å². The summed E-state index contributed by atoms with van der Waals surface area (Å²) in [6.45, 7) is 0. The van der Waals surface area contributed by atoms with Crippen LogP contribution in [-0.2, 0) is 0 Å². The highest BCUT2D eigenvalue weighted by molar-refractivity contribution is 5.66. The molecule has 2 rings (SSSR count). The van der Waals surface area contributed by atoms with Crippen molar-refractivity contribution < 1.29 is 0 Å². The number of nitrogens with one attached hydrogen (secondary N) is 1. The van der Waals surface area contributed by atoms with Gasteiger partial charge in [0.25, 0.3) is 0 Å². The molecule has 2 aromatic carbocycles. The first-order valence-electron chi connectivity index (χ1n) is 4.72. The van der Waals surface area contributed by atoms with Crippen molar-refractivity contribution in [2.24, 2.45) is 0 Å². The Morgan fingerprint density at radius 3 is 1.60 bits per heavy atom. The van der Waals surface area contributed by atoms with Gasteiger partial charge in [0.1, 0.15) is 0 Å². The Morgan fingerprint density at radius 2 is 1.20 bits per heavy atom. The van der Waals surface area contributed by atoms with Crippen LogP contribution in [0.2, 0.25) is 0 Å². The summed E-state index contributed by atoms with van der Waals surface area (Å²) in [6, 6.07) is 15.2. The van der Waals surface area contributed by atoms with E-state index in [9.17, 15) is 0 Å². The Morgan fingerprint density at radius 1 is 0.733 bits per heavy atom. The fourth-order valence-corrected chi connectivity index (χ4v) is 1.40. The molecule has 0 aliphatic rings. The summed E-state index contributed by atoms with van der Waals surface area (Å²) >= 11 is 0. The van der Waals surface area contributed by atoms with Crippen molar-refractivity contribution in [2.45, 2.75) is 0 Å². The lowest BCUT2D eigenvalue weighted by Crippen LogP contribution is -1.93. The molecule has 0 saturated heterocycles. The molecular weight excluding hydrogens is 186 g/mol. The number of hydrogen-bond donors (Lipinski definition) is 3. The number of hydrogen-bond acceptors (Lipinski definition) is 3. The fraction of sp³-hybridized carbons (Fsp3) is 0. The normalized spacial score (nSPS) is 9.87. The van der Waals surface area contributed by atoms with E-state index < -0.39 is 0 Å². The van der Waals surface area contributed by atoms with E-state index in [4.69, 9.17) is 11.5 Å². The molecule has 0 atom stereocenters. The minimum atomic E-state index is 0.740. The number of anilines is 4. The average molecular weight is 199 g/mol. The van der Waals surface area contributed by atoms with Crippen molar-refractivity contribution in [3.63, 3.8) is 0 Å². The predicted molar refractivity (Wildman–Crippen MR) is 65.0 cm³/mol. The number of benzene rings is 2. The Balaban J connectivity index is 2.22. The maximum Gasteiger partial charge on any atom is 0.0404 e. The smallest absolute Gasteiger partial charge is 0.0404 e. The van der Waals surface area contributed by atoms with E-state index in [2.05, 4.69) is 5.32 Å². The minimum Gasteiger partial charge on any atom is -0.399 e. The van der Waals surface area contributed by atoms with Gasteiger partial charge in [-0.2, -0.15) is 0 Å². The SMILES string of the molecule is Nc1cccc(Nc2cccc(N)c2)c1. The molecule has 0 fully saturated rings. The third-order valence-corrected chi connectivity index (χ3v) is 2.06. The molecule has 3 nitrogen and oxygen atoms in total. The minimum absolute atomic E-state index is 0.740. The summed E-state index contributed by atoms with van der Waals surface area (Å²) in [5.74, 6) is 0. The average Bonchev–Trinajstić information content (AvgIpc) is 2.17. The second-order valence-corrected chi connectivity index (χ2v) is 3.38. The number of rotatable bonds is 2. The van der Waals surface area contributed by atoms with Crippen molar-refractivity contribution >= 4 is 22.7 Å². The van der Waals surface area contributed by atoms with Crippen LogP contribution in [0.15, 0.2) is 48.5 Å². The van der Waals surface area contributed by atoms with E-state index in [0.29, 0.717) is 0 Å². The van der Waals surface area contributed by atoms with Gasteiger partial charge in [-0.15, -0.1) is 0 Å². The monoisotopic (exact) mass is 199 g/mol. The molecule has 76 valence electrons. The van der Waals surface area contributed by atoms with Crippen molar-refractivity contribution in [2.75, 3.05) is 16.8 Å². The summed E-state index contributed by atoms with van der Waals surface area (Å²) in [6.07, 6.45) is 0. The summed E-state index contributed by atoms with van der Waals surface area (Å²) in [4.78, 5) is 0. The van der Waals surface area contributed by atoms with Gasteiger partial charge in [0.2, 0.25) is 0 Å². The van der Waals surface area contributed by atoms with Crippen LogP contribution < -0.4 is 16.8 Å². The van der Waals surface area contributed by atoms with E-state index in [1.54, 1.807) is 0 Å². The molecule has 2 aromatic rings. The summed E-state index contributed by atoms with van der Waals surface area (Å²) < 4.78 is 0. The van der Waals surface area contributed by atoms with Crippen molar-refractivity contribution in [1.29, 1.82) is 0 Å². The highest BCUT2D eigenvalue weighted by atomic mass is 14.9. The van der Waals surface area contributed by atoms with Crippen LogP contribution in [0.25, 0.3) is 0 Å². The molecule has 5 N–H and O–H groups in total. The van der Waals surface area contributed by atoms with Gasteiger partial charge in [0, 0.05) is 22.7 Å². The zero-order valence-electron chi connectivity index (χ0n) is 8.27. The molecule has 0 saturated carbocycles. The molecule has 0 radical (unpaired) electrons. The number of nitrogens with two attached hydrogens (primary N) is 2. The zero-order chi connectivity index (χ0) is 10.7. The summed E-state index contributed by atoms with van der Waals surface area (Å²) in [5, 5.41) is 3.23. The van der Waals surface area contributed by atoms with E-state index in [0.717, 1.165) is 22.7 Å². The van der Waals surface area contributed by atoms with Crippen LogP contribution in [0.4, 0.5) is 22.7 Å². The lowest BCUT2D eigenvalue weighted by molar-refractivity contribution is 1.55. The Labute approximate surface area is 88.7 Å². The predicted octanol–water partition coefficient (Wildman–Crippen LogP) is 2.59. The molecule has 0 aromatic heterocycles. The molecule has 15 heavy (non-hydrogen) atoms. The van der Waals surface area contributed by atoms with Crippen molar-refractivity contribution in [3.8, 4) is 0 Å². The quantitative estimate of drug-likeness (QED) is 0.651. The van der Waals surface area contributed by atoms with Crippen LogP contribution in [0.5, 0.6) is 0 Å². The summed E-state index contributed by atoms with van der Waals surface area (Å²) in [5.41, 5.74) is 14.8. The Hall–Kier alpha value is -2.16. The fourth-order valence-electron chi connectivity index (χ4n) is 1.40. The molecule has 0 unspecified atom stereocenters. The largest absolute Gasteiger partial charge is 0.399 e. The van der Waals surface area contributed by atoms with Crippen molar-refractivity contribution in [3.05, 3.63) is 48.5 Å². The van der Waals surface area contributed by atoms with Gasteiger partial charge in [-0.05, 0) is 36.4 Å². The molecule has 0 amide bonds. The second kappa shape index (κ2) is 3.92. The molecule has 0 aliphatic heterocycles. The number of nitrogen functional groups attached to an aromatic ring is 2.